The number of aromatic carboxylic acids is 1. The number of nitrogens with zero attached hydrogens (tertiary/aromatic N) is 2. The quantitative estimate of drug-likeness (QED) is 0.919. The Morgan fingerprint density at radius 2 is 2.10 bits per heavy atom. The summed E-state index contributed by atoms with van der Waals surface area (Å²) in [7, 11) is 0. The Kier molecular flexibility index (Phi) is 3.67. The van der Waals surface area contributed by atoms with Gasteiger partial charge in [0.15, 0.2) is 0 Å². The molecule has 0 saturated carbocycles. The highest BCUT2D eigenvalue weighted by molar-refractivity contribution is 5.87. The Hall–Kier alpha value is -2.87. The first-order valence-electron chi connectivity index (χ1n) is 5.95. The fourth-order valence-corrected chi connectivity index (χ4v) is 1.95. The van der Waals surface area contributed by atoms with Gasteiger partial charge in [0.25, 0.3) is 5.56 Å². The van der Waals surface area contributed by atoms with E-state index in [2.05, 4.69) is 0 Å². The van der Waals surface area contributed by atoms with E-state index in [1.807, 2.05) is 6.07 Å². The number of carboxylic acid groups (broad SMARTS) is 1. The number of carbonyl (C=O) groups is 1. The van der Waals surface area contributed by atoms with E-state index < -0.39 is 11.5 Å². The zero-order chi connectivity index (χ0) is 14.7. The van der Waals surface area contributed by atoms with Gasteiger partial charge in [-0.3, -0.25) is 4.79 Å². The van der Waals surface area contributed by atoms with Crippen LogP contribution in [0.2, 0.25) is 0 Å². The largest absolute Gasteiger partial charge is 0.477 e. The second-order valence-electron chi connectivity index (χ2n) is 4.40. The van der Waals surface area contributed by atoms with Crippen LogP contribution in [0.25, 0.3) is 0 Å². The molecule has 100 valence electrons. The third kappa shape index (κ3) is 2.59. The molecule has 20 heavy (non-hydrogen) atoms. The van der Waals surface area contributed by atoms with Crippen molar-refractivity contribution in [2.75, 3.05) is 0 Å². The lowest BCUT2D eigenvalue weighted by Gasteiger charge is -2.11. The van der Waals surface area contributed by atoms with Gasteiger partial charge in [-0.15, -0.1) is 0 Å². The number of hydrogen-bond donors (Lipinski definition) is 1. The molecule has 0 aliphatic rings. The van der Waals surface area contributed by atoms with Gasteiger partial charge in [0.1, 0.15) is 5.56 Å². The van der Waals surface area contributed by atoms with E-state index in [0.29, 0.717) is 11.3 Å². The van der Waals surface area contributed by atoms with Gasteiger partial charge in [-0.05, 0) is 36.8 Å². The molecule has 0 saturated heterocycles. The van der Waals surface area contributed by atoms with Crippen LogP contribution in [0.3, 0.4) is 0 Å². The molecule has 5 heteroatoms. The lowest BCUT2D eigenvalue weighted by Crippen LogP contribution is -2.28. The third-order valence-corrected chi connectivity index (χ3v) is 3.02. The monoisotopic (exact) mass is 268 g/mol. The summed E-state index contributed by atoms with van der Waals surface area (Å²) in [6.07, 6.45) is 0. The molecule has 0 radical (unpaired) electrons. The van der Waals surface area contributed by atoms with Crippen molar-refractivity contribution in [2.45, 2.75) is 13.5 Å². The lowest BCUT2D eigenvalue weighted by atomic mass is 10.1. The van der Waals surface area contributed by atoms with Crippen LogP contribution >= 0.6 is 0 Å². The van der Waals surface area contributed by atoms with Crippen molar-refractivity contribution in [3.63, 3.8) is 0 Å². The predicted octanol–water partition coefficient (Wildman–Crippen LogP) is 1.77. The SMILES string of the molecule is Cc1ccc(C(=O)O)c(=O)n1Cc1cccc(C#N)c1. The Bertz CT molecular complexity index is 769. The molecule has 1 N–H and O–H groups in total. The van der Waals surface area contributed by atoms with Crippen molar-refractivity contribution in [1.82, 2.24) is 4.57 Å². The minimum absolute atomic E-state index is 0.237. The van der Waals surface area contributed by atoms with Gasteiger partial charge in [0.05, 0.1) is 18.2 Å². The second kappa shape index (κ2) is 5.41. The summed E-state index contributed by atoms with van der Waals surface area (Å²) in [5.41, 5.74) is 1.15. The van der Waals surface area contributed by atoms with E-state index in [-0.39, 0.29) is 12.1 Å². The molecule has 0 unspecified atom stereocenters. The first kappa shape index (κ1) is 13.6. The summed E-state index contributed by atoms with van der Waals surface area (Å²) >= 11 is 0. The molecule has 0 atom stereocenters. The normalized spacial score (nSPS) is 10.0. The summed E-state index contributed by atoms with van der Waals surface area (Å²) in [5, 5.41) is 17.8. The molecular formula is C15H12N2O3. The molecular weight excluding hydrogens is 256 g/mol. The zero-order valence-corrected chi connectivity index (χ0v) is 10.8. The molecule has 0 aliphatic heterocycles. The molecule has 0 aliphatic carbocycles. The van der Waals surface area contributed by atoms with E-state index in [0.717, 1.165) is 5.56 Å². The second-order valence-corrected chi connectivity index (χ2v) is 4.40. The minimum atomic E-state index is -1.24. The number of rotatable bonds is 3. The molecule has 2 rings (SSSR count). The molecule has 1 aromatic heterocycles. The standard InChI is InChI=1S/C15H12N2O3/c1-10-5-6-13(15(19)20)14(18)17(10)9-12-4-2-3-11(7-12)8-16/h2-7H,9H2,1H3,(H,19,20). The van der Waals surface area contributed by atoms with Crippen LogP contribution in [0.4, 0.5) is 0 Å². The average molecular weight is 268 g/mol. The molecule has 0 fully saturated rings. The summed E-state index contributed by atoms with van der Waals surface area (Å²) in [5.74, 6) is -1.24. The fourth-order valence-electron chi connectivity index (χ4n) is 1.95. The van der Waals surface area contributed by atoms with Gasteiger partial charge in [0, 0.05) is 5.69 Å². The Labute approximate surface area is 115 Å². The number of aromatic nitrogens is 1. The van der Waals surface area contributed by atoms with Crippen molar-refractivity contribution in [2.24, 2.45) is 0 Å². The molecule has 0 bridgehead atoms. The van der Waals surface area contributed by atoms with E-state index in [4.69, 9.17) is 10.4 Å². The van der Waals surface area contributed by atoms with Gasteiger partial charge in [-0.25, -0.2) is 4.79 Å². The predicted molar refractivity (Wildman–Crippen MR) is 72.7 cm³/mol. The van der Waals surface area contributed by atoms with Crippen LogP contribution in [0.15, 0.2) is 41.2 Å². The summed E-state index contributed by atoms with van der Waals surface area (Å²) in [6.45, 7) is 1.97. The molecule has 5 nitrogen and oxygen atoms in total. The van der Waals surface area contributed by atoms with Crippen LogP contribution in [0.5, 0.6) is 0 Å². The van der Waals surface area contributed by atoms with E-state index in [1.54, 1.807) is 37.3 Å². The number of carboxylic acids is 1. The molecule has 1 aromatic carbocycles. The number of pyridine rings is 1. The maximum atomic E-state index is 12.1. The molecule has 0 amide bonds. The fraction of sp³-hybridized carbons (Fsp3) is 0.133. The maximum Gasteiger partial charge on any atom is 0.341 e. The first-order chi connectivity index (χ1) is 9.52. The maximum absolute atomic E-state index is 12.1. The molecule has 1 heterocycles. The van der Waals surface area contributed by atoms with Crippen molar-refractivity contribution in [3.05, 3.63) is 69.1 Å². The van der Waals surface area contributed by atoms with Gasteiger partial charge < -0.3 is 9.67 Å². The Morgan fingerprint density at radius 3 is 2.75 bits per heavy atom. The smallest absolute Gasteiger partial charge is 0.341 e. The van der Waals surface area contributed by atoms with Crippen molar-refractivity contribution in [3.8, 4) is 6.07 Å². The zero-order valence-electron chi connectivity index (χ0n) is 10.8. The van der Waals surface area contributed by atoms with Crippen molar-refractivity contribution in [1.29, 1.82) is 5.26 Å². The summed E-state index contributed by atoms with van der Waals surface area (Å²) in [6, 6.07) is 11.8. The van der Waals surface area contributed by atoms with Crippen LogP contribution in [0.1, 0.15) is 27.2 Å². The van der Waals surface area contributed by atoms with Gasteiger partial charge in [-0.1, -0.05) is 12.1 Å². The van der Waals surface area contributed by atoms with Gasteiger partial charge in [-0.2, -0.15) is 5.26 Å². The Morgan fingerprint density at radius 1 is 1.35 bits per heavy atom. The van der Waals surface area contributed by atoms with E-state index in [9.17, 15) is 9.59 Å². The topological polar surface area (TPSA) is 83.1 Å². The minimum Gasteiger partial charge on any atom is -0.477 e. The number of aryl methyl sites for hydroxylation is 1. The number of nitriles is 1. The summed E-state index contributed by atoms with van der Waals surface area (Å²) in [4.78, 5) is 23.1. The van der Waals surface area contributed by atoms with Crippen LogP contribution in [-0.2, 0) is 6.54 Å². The van der Waals surface area contributed by atoms with E-state index >= 15 is 0 Å². The number of benzene rings is 1. The third-order valence-electron chi connectivity index (χ3n) is 3.02. The molecule has 0 spiro atoms. The van der Waals surface area contributed by atoms with Crippen LogP contribution < -0.4 is 5.56 Å². The highest BCUT2D eigenvalue weighted by atomic mass is 16.4. The number of hydrogen-bond acceptors (Lipinski definition) is 3. The highest BCUT2D eigenvalue weighted by Gasteiger charge is 2.12. The van der Waals surface area contributed by atoms with Crippen LogP contribution in [0, 0.1) is 18.3 Å². The first-order valence-corrected chi connectivity index (χ1v) is 5.95. The summed E-state index contributed by atoms with van der Waals surface area (Å²) < 4.78 is 1.39. The van der Waals surface area contributed by atoms with Crippen LogP contribution in [-0.4, -0.2) is 15.6 Å². The van der Waals surface area contributed by atoms with Crippen molar-refractivity contribution >= 4 is 5.97 Å². The van der Waals surface area contributed by atoms with Gasteiger partial charge in [0.2, 0.25) is 0 Å². The lowest BCUT2D eigenvalue weighted by molar-refractivity contribution is 0.0694. The Balaban J connectivity index is 2.48. The molecule has 2 aromatic rings. The van der Waals surface area contributed by atoms with E-state index in [1.165, 1.54) is 10.6 Å². The average Bonchev–Trinajstić information content (AvgIpc) is 2.43. The highest BCUT2D eigenvalue weighted by Crippen LogP contribution is 2.08. The van der Waals surface area contributed by atoms with Crippen molar-refractivity contribution < 1.29 is 9.90 Å². The van der Waals surface area contributed by atoms with Gasteiger partial charge >= 0.3 is 5.97 Å².